The van der Waals surface area contributed by atoms with E-state index in [0.717, 1.165) is 50.4 Å². The first-order valence-electron chi connectivity index (χ1n) is 10.2. The molecule has 2 aliphatic heterocycles. The van der Waals surface area contributed by atoms with Gasteiger partial charge < -0.3 is 20.4 Å². The van der Waals surface area contributed by atoms with E-state index in [1.54, 1.807) is 13.1 Å². The second kappa shape index (κ2) is 9.58. The number of aromatic nitrogens is 1. The zero-order chi connectivity index (χ0) is 19.1. The van der Waals surface area contributed by atoms with Crippen molar-refractivity contribution in [2.45, 2.75) is 58.0 Å². The van der Waals surface area contributed by atoms with Crippen LogP contribution in [-0.2, 0) is 11.3 Å². The smallest absolute Gasteiger partial charge is 0.315 e. The van der Waals surface area contributed by atoms with Crippen molar-refractivity contribution < 1.29 is 9.59 Å². The van der Waals surface area contributed by atoms with Crippen molar-refractivity contribution in [2.24, 2.45) is 0 Å². The number of pyridine rings is 1. The van der Waals surface area contributed by atoms with E-state index >= 15 is 0 Å². The second-order valence-electron chi connectivity index (χ2n) is 7.50. The van der Waals surface area contributed by atoms with Gasteiger partial charge in [-0.25, -0.2) is 9.78 Å². The van der Waals surface area contributed by atoms with Gasteiger partial charge in [-0.05, 0) is 63.1 Å². The van der Waals surface area contributed by atoms with Crippen LogP contribution in [0.3, 0.4) is 0 Å². The maximum absolute atomic E-state index is 12.4. The monoisotopic (exact) mass is 373 g/mol. The van der Waals surface area contributed by atoms with Crippen LogP contribution >= 0.6 is 0 Å². The molecule has 3 heterocycles. The Labute approximate surface area is 161 Å². The molecule has 1 aromatic rings. The number of amides is 3. The highest BCUT2D eigenvalue weighted by molar-refractivity contribution is 5.86. The van der Waals surface area contributed by atoms with Crippen molar-refractivity contribution in [1.82, 2.24) is 20.5 Å². The number of anilines is 1. The largest absolute Gasteiger partial charge is 0.357 e. The number of nitrogens with zero attached hydrogens (tertiary/aromatic N) is 3. The Hall–Kier alpha value is -2.31. The van der Waals surface area contributed by atoms with Gasteiger partial charge in [0.15, 0.2) is 0 Å². The standard InChI is InChI=1S/C20H31N5O2/c1-16(19(26)25-12-6-3-7-13-25)23-20(27)22-15-17-8-9-21-18(14-17)24-10-4-2-5-11-24/h8-9,14,16H,2-7,10-13,15H2,1H3,(H2,22,23,27)/t16-/m1/s1. The number of hydrogen-bond donors (Lipinski definition) is 2. The molecule has 0 aliphatic carbocycles. The minimum atomic E-state index is -0.510. The molecule has 0 aromatic carbocycles. The third-order valence-electron chi connectivity index (χ3n) is 5.33. The quantitative estimate of drug-likeness (QED) is 0.830. The van der Waals surface area contributed by atoms with Gasteiger partial charge in [0.25, 0.3) is 0 Å². The zero-order valence-electron chi connectivity index (χ0n) is 16.2. The molecule has 7 heteroatoms. The highest BCUT2D eigenvalue weighted by atomic mass is 16.2. The SMILES string of the molecule is C[C@@H](NC(=O)NCc1ccnc(N2CCCCC2)c1)C(=O)N1CCCCC1. The van der Waals surface area contributed by atoms with Gasteiger partial charge in [-0.15, -0.1) is 0 Å². The van der Waals surface area contributed by atoms with Gasteiger partial charge in [0.1, 0.15) is 11.9 Å². The van der Waals surface area contributed by atoms with Crippen LogP contribution < -0.4 is 15.5 Å². The Kier molecular flexibility index (Phi) is 6.90. The van der Waals surface area contributed by atoms with Gasteiger partial charge in [0.05, 0.1) is 0 Å². The van der Waals surface area contributed by atoms with Crippen LogP contribution in [-0.4, -0.2) is 54.0 Å². The number of hydrogen-bond acceptors (Lipinski definition) is 4. The van der Waals surface area contributed by atoms with Crippen molar-refractivity contribution >= 4 is 17.8 Å². The molecule has 1 aromatic heterocycles. The fourth-order valence-corrected chi connectivity index (χ4v) is 3.75. The lowest BCUT2D eigenvalue weighted by atomic mass is 10.1. The lowest BCUT2D eigenvalue weighted by Crippen LogP contribution is -2.50. The number of rotatable bonds is 5. The molecule has 148 valence electrons. The van der Waals surface area contributed by atoms with Crippen molar-refractivity contribution in [3.05, 3.63) is 23.9 Å². The first-order valence-corrected chi connectivity index (χ1v) is 10.2. The molecule has 3 rings (SSSR count). The average molecular weight is 374 g/mol. The van der Waals surface area contributed by atoms with E-state index in [4.69, 9.17) is 0 Å². The third kappa shape index (κ3) is 5.58. The van der Waals surface area contributed by atoms with Gasteiger partial charge >= 0.3 is 6.03 Å². The van der Waals surface area contributed by atoms with Crippen LogP contribution in [0.4, 0.5) is 10.6 Å². The summed E-state index contributed by atoms with van der Waals surface area (Å²) >= 11 is 0. The summed E-state index contributed by atoms with van der Waals surface area (Å²) in [7, 11) is 0. The van der Waals surface area contributed by atoms with Gasteiger partial charge in [0.2, 0.25) is 5.91 Å². The molecule has 0 unspecified atom stereocenters. The third-order valence-corrected chi connectivity index (χ3v) is 5.33. The molecule has 0 saturated carbocycles. The average Bonchev–Trinajstić information content (AvgIpc) is 2.73. The predicted molar refractivity (Wildman–Crippen MR) is 106 cm³/mol. The van der Waals surface area contributed by atoms with Crippen molar-refractivity contribution in [3.63, 3.8) is 0 Å². The zero-order valence-corrected chi connectivity index (χ0v) is 16.2. The fourth-order valence-electron chi connectivity index (χ4n) is 3.75. The summed E-state index contributed by atoms with van der Waals surface area (Å²) in [5.74, 6) is 0.976. The van der Waals surface area contributed by atoms with Gasteiger partial charge in [-0.3, -0.25) is 4.79 Å². The molecular weight excluding hydrogens is 342 g/mol. The minimum absolute atomic E-state index is 0.00106. The molecular formula is C20H31N5O2. The van der Waals surface area contributed by atoms with E-state index in [1.165, 1.54) is 25.7 Å². The Morgan fingerprint density at radius 1 is 1.07 bits per heavy atom. The summed E-state index contributed by atoms with van der Waals surface area (Å²) in [5.41, 5.74) is 1.01. The number of carbonyl (C=O) groups excluding carboxylic acids is 2. The van der Waals surface area contributed by atoms with Crippen LogP contribution in [0.5, 0.6) is 0 Å². The molecule has 7 nitrogen and oxygen atoms in total. The Balaban J connectivity index is 1.46. The van der Waals surface area contributed by atoms with E-state index in [-0.39, 0.29) is 11.9 Å². The molecule has 2 aliphatic rings. The predicted octanol–water partition coefficient (Wildman–Crippen LogP) is 2.27. The summed E-state index contributed by atoms with van der Waals surface area (Å²) in [6.07, 6.45) is 8.76. The molecule has 0 bridgehead atoms. The molecule has 27 heavy (non-hydrogen) atoms. The number of nitrogens with one attached hydrogen (secondary N) is 2. The topological polar surface area (TPSA) is 77.6 Å². The highest BCUT2D eigenvalue weighted by Gasteiger charge is 2.23. The Bertz CT molecular complexity index is 639. The molecule has 1 atom stereocenters. The van der Waals surface area contributed by atoms with E-state index in [9.17, 15) is 9.59 Å². The maximum atomic E-state index is 12.4. The number of urea groups is 1. The highest BCUT2D eigenvalue weighted by Crippen LogP contribution is 2.18. The van der Waals surface area contributed by atoms with Gasteiger partial charge in [-0.2, -0.15) is 0 Å². The normalized spacial score (nSPS) is 18.7. The first kappa shape index (κ1) is 19.5. The van der Waals surface area contributed by atoms with Crippen LogP contribution in [0.2, 0.25) is 0 Å². The lowest BCUT2D eigenvalue weighted by Gasteiger charge is -2.29. The summed E-state index contributed by atoms with van der Waals surface area (Å²) in [6, 6.07) is 3.12. The molecule has 3 amide bonds. The van der Waals surface area contributed by atoms with Crippen molar-refractivity contribution in [2.75, 3.05) is 31.1 Å². The van der Waals surface area contributed by atoms with Gasteiger partial charge in [0, 0.05) is 38.9 Å². The molecule has 0 radical (unpaired) electrons. The van der Waals surface area contributed by atoms with Crippen LogP contribution in [0.15, 0.2) is 18.3 Å². The first-order chi connectivity index (χ1) is 13.1. The molecule has 2 fully saturated rings. The van der Waals surface area contributed by atoms with E-state index in [1.807, 2.05) is 17.0 Å². The Morgan fingerprint density at radius 3 is 2.44 bits per heavy atom. The maximum Gasteiger partial charge on any atom is 0.315 e. The van der Waals surface area contributed by atoms with Crippen LogP contribution in [0.25, 0.3) is 0 Å². The van der Waals surface area contributed by atoms with Crippen molar-refractivity contribution in [1.29, 1.82) is 0 Å². The fraction of sp³-hybridized carbons (Fsp3) is 0.650. The summed E-state index contributed by atoms with van der Waals surface area (Å²) in [6.45, 7) is 5.84. The second-order valence-corrected chi connectivity index (χ2v) is 7.50. The number of carbonyl (C=O) groups is 2. The lowest BCUT2D eigenvalue weighted by molar-refractivity contribution is -0.133. The van der Waals surface area contributed by atoms with Crippen LogP contribution in [0, 0.1) is 0 Å². The molecule has 0 spiro atoms. The Morgan fingerprint density at radius 2 is 1.74 bits per heavy atom. The number of piperidine rings is 2. The van der Waals surface area contributed by atoms with E-state index in [2.05, 4.69) is 20.5 Å². The summed E-state index contributed by atoms with van der Waals surface area (Å²) in [4.78, 5) is 33.2. The number of likely N-dealkylation sites (tertiary alicyclic amines) is 1. The molecule has 2 saturated heterocycles. The minimum Gasteiger partial charge on any atom is -0.357 e. The summed E-state index contributed by atoms with van der Waals surface area (Å²) < 4.78 is 0. The van der Waals surface area contributed by atoms with Crippen molar-refractivity contribution in [3.8, 4) is 0 Å². The molecule has 2 N–H and O–H groups in total. The van der Waals surface area contributed by atoms with E-state index < -0.39 is 6.04 Å². The summed E-state index contributed by atoms with van der Waals surface area (Å²) in [5, 5.41) is 5.61. The van der Waals surface area contributed by atoms with E-state index in [0.29, 0.717) is 6.54 Å². The van der Waals surface area contributed by atoms with Crippen LogP contribution in [0.1, 0.15) is 51.0 Å². The van der Waals surface area contributed by atoms with Gasteiger partial charge in [-0.1, -0.05) is 0 Å².